The Balaban J connectivity index is 1.20. The Bertz CT molecular complexity index is 3440. The van der Waals surface area contributed by atoms with Crippen LogP contribution in [-0.4, -0.2) is 11.8 Å². The van der Waals surface area contributed by atoms with Gasteiger partial charge in [-0.1, -0.05) is 152 Å². The number of hydrogen-bond acceptors (Lipinski definition) is 0. The molecule has 0 saturated carbocycles. The molecule has 1 N–H and O–H groups in total. The highest BCUT2D eigenvalue weighted by Gasteiger charge is 2.34. The molecule has 0 aromatic heterocycles. The third-order valence-electron chi connectivity index (χ3n) is 12.6. The van der Waals surface area contributed by atoms with Gasteiger partial charge >= 0.3 is 0 Å². The van der Waals surface area contributed by atoms with Crippen LogP contribution in [0.15, 0.2) is 164 Å². The lowest BCUT2D eigenvalue weighted by Gasteiger charge is -2.20. The van der Waals surface area contributed by atoms with Crippen LogP contribution < -0.4 is 0 Å². The number of benzene rings is 11. The first kappa shape index (κ1) is 28.6. The quantitative estimate of drug-likeness (QED) is 0.0999. The van der Waals surface area contributed by atoms with Gasteiger partial charge in [-0.05, 0) is 126 Å². The predicted molar refractivity (Wildman–Crippen MR) is 230 cm³/mol. The van der Waals surface area contributed by atoms with Crippen molar-refractivity contribution in [3.8, 4) is 72.5 Å². The van der Waals surface area contributed by atoms with Crippen LogP contribution in [-0.2, 0) is 0 Å². The van der Waals surface area contributed by atoms with Gasteiger partial charge in [0.15, 0.2) is 7.11 Å². The van der Waals surface area contributed by atoms with Crippen molar-refractivity contribution in [2.75, 3.05) is 7.11 Å². The van der Waals surface area contributed by atoms with E-state index >= 15 is 0 Å². The zero-order valence-electron chi connectivity index (χ0n) is 29.5. The van der Waals surface area contributed by atoms with Gasteiger partial charge in [0.05, 0.1) is 5.56 Å². The Labute approximate surface area is 311 Å². The first-order chi connectivity index (χ1) is 26.8. The summed E-state index contributed by atoms with van der Waals surface area (Å²) in [6, 6.07) is 61.4. The lowest BCUT2D eigenvalue weighted by atomic mass is 9.82. The van der Waals surface area contributed by atoms with Crippen LogP contribution >= 0.6 is 0 Å². The van der Waals surface area contributed by atoms with Gasteiger partial charge in [-0.2, -0.15) is 0 Å². The minimum Gasteiger partial charge on any atom is -0.584 e. The molecule has 2 aliphatic carbocycles. The fourth-order valence-corrected chi connectivity index (χ4v) is 10.6. The van der Waals surface area contributed by atoms with E-state index in [1.54, 1.807) is 0 Å². The van der Waals surface area contributed by atoms with E-state index in [1.165, 1.54) is 131 Å². The minimum absolute atomic E-state index is 1.01. The van der Waals surface area contributed by atoms with Crippen LogP contribution in [0.25, 0.3) is 131 Å². The van der Waals surface area contributed by atoms with Gasteiger partial charge in [-0.25, -0.2) is 0 Å². The number of aliphatic hydroxyl groups is 1. The zero-order valence-corrected chi connectivity index (χ0v) is 29.5. The molecule has 0 fully saturated rings. The topological polar surface area (TPSA) is 12.8 Å². The van der Waals surface area contributed by atoms with Gasteiger partial charge in [-0.3, -0.25) is 0 Å². The first-order valence-corrected chi connectivity index (χ1v) is 18.9. The van der Waals surface area contributed by atoms with Crippen LogP contribution in [0.3, 0.4) is 0 Å². The van der Waals surface area contributed by atoms with Crippen molar-refractivity contribution in [2.45, 2.75) is 0 Å². The summed E-state index contributed by atoms with van der Waals surface area (Å²) < 4.78 is 4.81. The molecule has 1 heteroatoms. The maximum atomic E-state index is 4.81. The van der Waals surface area contributed by atoms with Crippen LogP contribution in [0.2, 0.25) is 0 Å². The Kier molecular flexibility index (Phi) is 5.36. The molecule has 54 heavy (non-hydrogen) atoms. The molecule has 0 radical (unpaired) electrons. The van der Waals surface area contributed by atoms with Crippen molar-refractivity contribution in [3.63, 3.8) is 0 Å². The summed E-state index contributed by atoms with van der Waals surface area (Å²) in [6.45, 7) is 0. The maximum Gasteiger partial charge on any atom is 0.262 e. The number of aromatic hydroxyl groups is 1. The first-order valence-electron chi connectivity index (χ1n) is 18.9. The molecule has 0 heterocycles. The Morgan fingerprint density at radius 1 is 0.278 bits per heavy atom. The molecule has 0 spiro atoms. The molecule has 0 aliphatic heterocycles. The molecular weight excluding hydrogens is 653 g/mol. The van der Waals surface area contributed by atoms with E-state index in [2.05, 4.69) is 164 Å². The summed E-state index contributed by atoms with van der Waals surface area (Å²) >= 11 is 0. The summed E-state index contributed by atoms with van der Waals surface area (Å²) in [6.07, 6.45) is 0. The minimum atomic E-state index is 1.01. The zero-order chi connectivity index (χ0) is 35.2. The maximum absolute atomic E-state index is 4.81. The van der Waals surface area contributed by atoms with Gasteiger partial charge in [0.1, 0.15) is 0 Å². The average Bonchev–Trinajstić information content (AvgIpc) is 3.75. The number of rotatable bonds is 3. The molecule has 0 amide bonds. The van der Waals surface area contributed by atoms with Gasteiger partial charge in [0.2, 0.25) is 0 Å². The number of hydrogen-bond donors (Lipinski definition) is 0. The van der Waals surface area contributed by atoms with Crippen molar-refractivity contribution < 1.29 is 4.74 Å². The third-order valence-corrected chi connectivity index (χ3v) is 12.6. The normalized spacial score (nSPS) is 12.5. The van der Waals surface area contributed by atoms with Crippen LogP contribution in [0.5, 0.6) is 5.75 Å². The van der Waals surface area contributed by atoms with Crippen molar-refractivity contribution in [1.29, 1.82) is 0 Å². The highest BCUT2D eigenvalue weighted by Crippen LogP contribution is 2.61. The van der Waals surface area contributed by atoms with Gasteiger partial charge in [0, 0.05) is 11.6 Å². The van der Waals surface area contributed by atoms with Crippen molar-refractivity contribution in [1.82, 2.24) is 0 Å². The molecule has 11 aromatic rings. The van der Waals surface area contributed by atoms with Gasteiger partial charge < -0.3 is 4.74 Å². The van der Waals surface area contributed by atoms with E-state index in [1.807, 2.05) is 7.11 Å². The fraction of sp³-hybridized carbons (Fsp3) is 0.0189. The van der Waals surface area contributed by atoms with Crippen molar-refractivity contribution in [2.24, 2.45) is 0 Å². The number of fused-ring (bicyclic) bond motifs is 11. The van der Waals surface area contributed by atoms with Crippen LogP contribution in [0, 0.1) is 0 Å². The molecule has 0 bridgehead atoms. The molecule has 0 unspecified atom stereocenters. The summed E-state index contributed by atoms with van der Waals surface area (Å²) in [7, 11) is 1.91. The van der Waals surface area contributed by atoms with E-state index in [-0.39, 0.29) is 0 Å². The Morgan fingerprint density at radius 2 is 0.778 bits per heavy atom. The van der Waals surface area contributed by atoms with E-state index < -0.39 is 0 Å². The lowest BCUT2D eigenvalue weighted by molar-refractivity contribution is 0.137. The monoisotopic (exact) mass is 683 g/mol. The van der Waals surface area contributed by atoms with Gasteiger partial charge in [-0.15, -0.1) is 0 Å². The summed E-state index contributed by atoms with van der Waals surface area (Å²) in [5, 5.41) is 15.9. The van der Waals surface area contributed by atoms with Crippen LogP contribution in [0.1, 0.15) is 0 Å². The van der Waals surface area contributed by atoms with E-state index in [4.69, 9.17) is 4.74 Å². The number of ether oxygens (including phenoxy) is 1. The fourth-order valence-electron chi connectivity index (χ4n) is 10.6. The largest absolute Gasteiger partial charge is 0.584 e. The van der Waals surface area contributed by atoms with Crippen molar-refractivity contribution >= 4 is 64.6 Å². The van der Waals surface area contributed by atoms with Gasteiger partial charge in [0.25, 0.3) is 5.75 Å². The Morgan fingerprint density at radius 3 is 1.46 bits per heavy atom. The highest BCUT2D eigenvalue weighted by molar-refractivity contribution is 6.41. The second-order valence-corrected chi connectivity index (χ2v) is 15.0. The summed E-state index contributed by atoms with van der Waals surface area (Å²) in [5.74, 6) is 1.01. The second kappa shape index (κ2) is 10.1. The smallest absolute Gasteiger partial charge is 0.262 e. The standard InChI is InChI=1S/C53H30O/c1-54-44-18-10-9-17-40(44)49-33-16-8-7-15-32(33)45(30-12-3-2-4-13-30)52-42-27-24-39-37-23-26-41-46-31-14-6-5-11-29(31)19-20-34(46)35-21-22-36(47(37)50(35)41)38-25-28-43(53(49)52)51(42)48(38)39/h2-28H,1H3/p+1. The van der Waals surface area contributed by atoms with Crippen molar-refractivity contribution in [3.05, 3.63) is 164 Å². The number of para-hydroxylation sites is 1. The summed E-state index contributed by atoms with van der Waals surface area (Å²) in [4.78, 5) is 0. The second-order valence-electron chi connectivity index (χ2n) is 15.0. The molecule has 13 rings (SSSR count). The van der Waals surface area contributed by atoms with Crippen LogP contribution in [0.4, 0.5) is 0 Å². The molecule has 0 saturated heterocycles. The molecule has 1 nitrogen and oxygen atoms in total. The van der Waals surface area contributed by atoms with E-state index in [9.17, 15) is 0 Å². The molecular formula is C53H31O+. The highest BCUT2D eigenvalue weighted by atomic mass is 16.5. The molecule has 0 atom stereocenters. The molecule has 248 valence electrons. The predicted octanol–water partition coefficient (Wildman–Crippen LogP) is 14.5. The van der Waals surface area contributed by atoms with E-state index in [0.717, 1.165) is 5.75 Å². The molecule has 11 aromatic carbocycles. The molecule has 2 aliphatic rings. The average molecular weight is 684 g/mol. The Hall–Kier alpha value is -6.96. The lowest BCUT2D eigenvalue weighted by Crippen LogP contribution is -1.94. The van der Waals surface area contributed by atoms with E-state index in [0.29, 0.717) is 0 Å². The SMILES string of the molecule is C[OH+]c1ccccc1-c1c2c(c(-c3ccccc3)c3ccccc13)-c1ccc3c4ccc5c6c(ccc(c7ccc-2c1c73)c64)-c1ccc2ccccc2c1-5. The summed E-state index contributed by atoms with van der Waals surface area (Å²) in [5.41, 5.74) is 15.6. The third kappa shape index (κ3) is 3.37.